The lowest BCUT2D eigenvalue weighted by atomic mass is 9.96. The van der Waals surface area contributed by atoms with Crippen LogP contribution in [0.2, 0.25) is 0 Å². The standard InChI is InChI=1S/C24H32N2O3/c1-16(2)14-19-6-8-20(9-7-19)18(5)23(27)25-26-24(28)21-10-12-22(13-11-21)29-15-17(3)4/h6-13,16-18H,14-15H2,1-5H3,(H,25,27)(H,26,28). The second-order valence-corrected chi connectivity index (χ2v) is 8.23. The molecule has 0 aliphatic rings. The first kappa shape index (κ1) is 22.5. The fourth-order valence-corrected chi connectivity index (χ4v) is 2.83. The molecule has 0 saturated heterocycles. The quantitative estimate of drug-likeness (QED) is 0.646. The molecule has 0 heterocycles. The van der Waals surface area contributed by atoms with Crippen LogP contribution in [0.15, 0.2) is 48.5 Å². The molecule has 0 radical (unpaired) electrons. The molecule has 0 aliphatic carbocycles. The molecule has 29 heavy (non-hydrogen) atoms. The molecule has 1 atom stereocenters. The second kappa shape index (κ2) is 10.6. The molecule has 0 fully saturated rings. The Morgan fingerprint density at radius 1 is 0.828 bits per heavy atom. The van der Waals surface area contributed by atoms with E-state index in [4.69, 9.17) is 4.74 Å². The molecule has 0 saturated carbocycles. The first-order valence-electron chi connectivity index (χ1n) is 10.2. The molecule has 2 rings (SSSR count). The number of ether oxygens (including phenoxy) is 1. The molecule has 2 N–H and O–H groups in total. The van der Waals surface area contributed by atoms with E-state index in [9.17, 15) is 9.59 Å². The molecule has 0 bridgehead atoms. The summed E-state index contributed by atoms with van der Waals surface area (Å²) in [5, 5.41) is 0. The Kier molecular flexibility index (Phi) is 8.25. The van der Waals surface area contributed by atoms with Crippen LogP contribution in [0.4, 0.5) is 0 Å². The van der Waals surface area contributed by atoms with Crippen LogP contribution >= 0.6 is 0 Å². The van der Waals surface area contributed by atoms with Gasteiger partial charge in [0.05, 0.1) is 12.5 Å². The van der Waals surface area contributed by atoms with Gasteiger partial charge in [-0.15, -0.1) is 0 Å². The second-order valence-electron chi connectivity index (χ2n) is 8.23. The molecule has 1 unspecified atom stereocenters. The smallest absolute Gasteiger partial charge is 0.269 e. The van der Waals surface area contributed by atoms with Gasteiger partial charge in [0.2, 0.25) is 5.91 Å². The fraction of sp³-hybridized carbons (Fsp3) is 0.417. The normalized spacial score (nSPS) is 12.0. The molecule has 2 aromatic rings. The van der Waals surface area contributed by atoms with Gasteiger partial charge in [-0.1, -0.05) is 52.0 Å². The maximum atomic E-state index is 12.4. The van der Waals surface area contributed by atoms with Gasteiger partial charge in [0.1, 0.15) is 5.75 Å². The zero-order valence-corrected chi connectivity index (χ0v) is 18.0. The van der Waals surface area contributed by atoms with Crippen molar-refractivity contribution in [2.24, 2.45) is 11.8 Å². The first-order valence-corrected chi connectivity index (χ1v) is 10.2. The SMILES string of the molecule is CC(C)COc1ccc(C(=O)NNC(=O)C(C)c2ccc(CC(C)C)cc2)cc1. The van der Waals surface area contributed by atoms with Gasteiger partial charge in [-0.3, -0.25) is 20.4 Å². The van der Waals surface area contributed by atoms with Gasteiger partial charge in [-0.2, -0.15) is 0 Å². The molecule has 5 nitrogen and oxygen atoms in total. The van der Waals surface area contributed by atoms with Gasteiger partial charge in [0, 0.05) is 5.56 Å². The molecule has 156 valence electrons. The van der Waals surface area contributed by atoms with Crippen LogP contribution in [-0.2, 0) is 11.2 Å². The maximum Gasteiger partial charge on any atom is 0.269 e. The van der Waals surface area contributed by atoms with E-state index >= 15 is 0 Å². The lowest BCUT2D eigenvalue weighted by molar-refractivity contribution is -0.123. The Bertz CT molecular complexity index is 796. The predicted molar refractivity (Wildman–Crippen MR) is 116 cm³/mol. The van der Waals surface area contributed by atoms with Crippen LogP contribution in [-0.4, -0.2) is 18.4 Å². The van der Waals surface area contributed by atoms with Crippen LogP contribution in [0.5, 0.6) is 5.75 Å². The summed E-state index contributed by atoms with van der Waals surface area (Å²) in [5.41, 5.74) is 7.61. The number of amides is 2. The third-order valence-electron chi connectivity index (χ3n) is 4.52. The zero-order valence-electron chi connectivity index (χ0n) is 18.0. The molecular formula is C24H32N2O3. The highest BCUT2D eigenvalue weighted by Crippen LogP contribution is 2.18. The van der Waals surface area contributed by atoms with Crippen molar-refractivity contribution in [2.75, 3.05) is 6.61 Å². The molecule has 0 spiro atoms. The largest absolute Gasteiger partial charge is 0.493 e. The van der Waals surface area contributed by atoms with Crippen molar-refractivity contribution in [2.45, 2.75) is 47.0 Å². The Hall–Kier alpha value is -2.82. The highest BCUT2D eigenvalue weighted by molar-refractivity contribution is 5.96. The van der Waals surface area contributed by atoms with E-state index in [-0.39, 0.29) is 17.7 Å². The molecular weight excluding hydrogens is 364 g/mol. The minimum absolute atomic E-state index is 0.258. The topological polar surface area (TPSA) is 67.4 Å². The summed E-state index contributed by atoms with van der Waals surface area (Å²) in [5.74, 6) is 0.748. The average molecular weight is 397 g/mol. The van der Waals surface area contributed by atoms with Gasteiger partial charge in [0.25, 0.3) is 5.91 Å². The third kappa shape index (κ3) is 7.26. The minimum atomic E-state index is -0.367. The Morgan fingerprint density at radius 2 is 1.45 bits per heavy atom. The van der Waals surface area contributed by atoms with Crippen LogP contribution in [0.3, 0.4) is 0 Å². The number of carbonyl (C=O) groups is 2. The number of rotatable bonds is 8. The molecule has 0 aromatic heterocycles. The van der Waals surface area contributed by atoms with Crippen molar-refractivity contribution in [3.05, 3.63) is 65.2 Å². The number of carbonyl (C=O) groups excluding carboxylic acids is 2. The fourth-order valence-electron chi connectivity index (χ4n) is 2.83. The first-order chi connectivity index (χ1) is 13.8. The van der Waals surface area contributed by atoms with Crippen LogP contribution in [0.1, 0.15) is 62.0 Å². The van der Waals surface area contributed by atoms with Gasteiger partial charge >= 0.3 is 0 Å². The molecule has 5 heteroatoms. The van der Waals surface area contributed by atoms with Crippen molar-refractivity contribution in [3.63, 3.8) is 0 Å². The van der Waals surface area contributed by atoms with Crippen LogP contribution in [0, 0.1) is 11.8 Å². The van der Waals surface area contributed by atoms with Crippen LogP contribution in [0.25, 0.3) is 0 Å². The van der Waals surface area contributed by atoms with E-state index in [2.05, 4.69) is 50.7 Å². The lowest BCUT2D eigenvalue weighted by Crippen LogP contribution is -2.43. The summed E-state index contributed by atoms with van der Waals surface area (Å²) < 4.78 is 5.61. The van der Waals surface area contributed by atoms with Gasteiger partial charge in [-0.25, -0.2) is 0 Å². The summed E-state index contributed by atoms with van der Waals surface area (Å²) >= 11 is 0. The number of hydrogen-bond donors (Lipinski definition) is 2. The minimum Gasteiger partial charge on any atom is -0.493 e. The van der Waals surface area contributed by atoms with Gasteiger partial charge < -0.3 is 4.74 Å². The number of hydrazine groups is 1. The Labute approximate surface area is 173 Å². The zero-order chi connectivity index (χ0) is 21.4. The number of benzene rings is 2. The lowest BCUT2D eigenvalue weighted by Gasteiger charge is -2.14. The van der Waals surface area contributed by atoms with Gasteiger partial charge in [0.15, 0.2) is 0 Å². The van der Waals surface area contributed by atoms with E-state index in [0.29, 0.717) is 29.8 Å². The maximum absolute atomic E-state index is 12.4. The summed E-state index contributed by atoms with van der Waals surface area (Å²) in [4.78, 5) is 24.7. The molecule has 0 aliphatic heterocycles. The van der Waals surface area contributed by atoms with Crippen LogP contribution < -0.4 is 15.6 Å². The Morgan fingerprint density at radius 3 is 2.00 bits per heavy atom. The van der Waals surface area contributed by atoms with Crippen molar-refractivity contribution in [3.8, 4) is 5.75 Å². The Balaban J connectivity index is 1.86. The molecule has 2 aromatic carbocycles. The van der Waals surface area contributed by atoms with E-state index < -0.39 is 0 Å². The van der Waals surface area contributed by atoms with E-state index in [1.807, 2.05) is 19.1 Å². The van der Waals surface area contributed by atoms with Crippen molar-refractivity contribution in [1.82, 2.24) is 10.9 Å². The summed E-state index contributed by atoms with van der Waals surface area (Å²) in [6.45, 7) is 11.0. The summed E-state index contributed by atoms with van der Waals surface area (Å²) in [6.07, 6.45) is 1.01. The van der Waals surface area contributed by atoms with E-state index in [1.54, 1.807) is 24.3 Å². The predicted octanol–water partition coefficient (Wildman–Crippen LogP) is 4.48. The highest BCUT2D eigenvalue weighted by Gasteiger charge is 2.16. The summed E-state index contributed by atoms with van der Waals surface area (Å²) in [6, 6.07) is 14.9. The highest BCUT2D eigenvalue weighted by atomic mass is 16.5. The van der Waals surface area contributed by atoms with E-state index in [1.165, 1.54) is 5.56 Å². The van der Waals surface area contributed by atoms with Gasteiger partial charge in [-0.05, 0) is 60.6 Å². The monoisotopic (exact) mass is 396 g/mol. The average Bonchev–Trinajstić information content (AvgIpc) is 2.70. The van der Waals surface area contributed by atoms with Crippen molar-refractivity contribution >= 4 is 11.8 Å². The summed E-state index contributed by atoms with van der Waals surface area (Å²) in [7, 11) is 0. The third-order valence-corrected chi connectivity index (χ3v) is 4.52. The number of nitrogens with one attached hydrogen (secondary N) is 2. The number of hydrogen-bond acceptors (Lipinski definition) is 3. The van der Waals surface area contributed by atoms with E-state index in [0.717, 1.165) is 12.0 Å². The van der Waals surface area contributed by atoms with Crippen molar-refractivity contribution in [1.29, 1.82) is 0 Å². The van der Waals surface area contributed by atoms with Crippen molar-refractivity contribution < 1.29 is 14.3 Å². The molecule has 2 amide bonds.